The van der Waals surface area contributed by atoms with Crippen molar-refractivity contribution in [2.24, 2.45) is 17.6 Å². The lowest BCUT2D eigenvalue weighted by atomic mass is 9.80. The standard InChI is InChI=1S/C16H24FNOS/c1-2-3-12-4-5-13(11-18)16(10-12)20(19)15-8-6-14(17)7-9-15/h6-9,12-13,16H,2-5,10-11,18H2,1H3. The lowest BCUT2D eigenvalue weighted by Gasteiger charge is -2.35. The molecule has 4 atom stereocenters. The predicted molar refractivity (Wildman–Crippen MR) is 81.4 cm³/mol. The van der Waals surface area contributed by atoms with Gasteiger partial charge in [0.2, 0.25) is 0 Å². The highest BCUT2D eigenvalue weighted by Crippen LogP contribution is 2.36. The zero-order valence-corrected chi connectivity index (χ0v) is 12.9. The van der Waals surface area contributed by atoms with E-state index in [9.17, 15) is 8.60 Å². The van der Waals surface area contributed by atoms with Crippen molar-refractivity contribution >= 4 is 10.8 Å². The molecule has 0 amide bonds. The molecule has 1 aromatic rings. The molecule has 0 aromatic heterocycles. The molecule has 20 heavy (non-hydrogen) atoms. The maximum absolute atomic E-state index is 13.0. The summed E-state index contributed by atoms with van der Waals surface area (Å²) in [5.74, 6) is 0.708. The molecule has 1 aliphatic carbocycles. The summed E-state index contributed by atoms with van der Waals surface area (Å²) in [7, 11) is -1.08. The van der Waals surface area contributed by atoms with E-state index in [0.29, 0.717) is 18.4 Å². The van der Waals surface area contributed by atoms with Gasteiger partial charge in [-0.1, -0.05) is 26.2 Å². The monoisotopic (exact) mass is 297 g/mol. The molecule has 1 fully saturated rings. The van der Waals surface area contributed by atoms with Gasteiger partial charge >= 0.3 is 0 Å². The Morgan fingerprint density at radius 1 is 1.30 bits per heavy atom. The first kappa shape index (κ1) is 15.6. The van der Waals surface area contributed by atoms with Crippen molar-refractivity contribution in [2.75, 3.05) is 6.54 Å². The van der Waals surface area contributed by atoms with Gasteiger partial charge in [-0.3, -0.25) is 4.21 Å². The van der Waals surface area contributed by atoms with E-state index in [1.807, 2.05) is 0 Å². The largest absolute Gasteiger partial charge is 0.330 e. The van der Waals surface area contributed by atoms with E-state index in [1.165, 1.54) is 31.4 Å². The van der Waals surface area contributed by atoms with Gasteiger partial charge in [0.25, 0.3) is 0 Å². The van der Waals surface area contributed by atoms with Gasteiger partial charge in [0.05, 0.1) is 10.8 Å². The highest BCUT2D eigenvalue weighted by molar-refractivity contribution is 7.85. The van der Waals surface area contributed by atoms with Crippen LogP contribution in [-0.4, -0.2) is 16.0 Å². The Morgan fingerprint density at radius 2 is 2.00 bits per heavy atom. The van der Waals surface area contributed by atoms with Crippen LogP contribution in [0.25, 0.3) is 0 Å². The Hall–Kier alpha value is -0.740. The summed E-state index contributed by atoms with van der Waals surface area (Å²) in [6.45, 7) is 2.79. The van der Waals surface area contributed by atoms with E-state index in [4.69, 9.17) is 5.73 Å². The topological polar surface area (TPSA) is 43.1 Å². The minimum Gasteiger partial charge on any atom is -0.330 e. The van der Waals surface area contributed by atoms with Gasteiger partial charge in [-0.2, -0.15) is 0 Å². The minimum absolute atomic E-state index is 0.121. The average molecular weight is 297 g/mol. The smallest absolute Gasteiger partial charge is 0.123 e. The van der Waals surface area contributed by atoms with Crippen molar-refractivity contribution in [1.82, 2.24) is 0 Å². The fourth-order valence-corrected chi connectivity index (χ4v) is 5.02. The molecule has 0 bridgehead atoms. The van der Waals surface area contributed by atoms with Crippen LogP contribution in [0.4, 0.5) is 4.39 Å². The molecule has 0 saturated heterocycles. The zero-order chi connectivity index (χ0) is 14.5. The number of hydrogen-bond donors (Lipinski definition) is 1. The third kappa shape index (κ3) is 3.67. The Kier molecular flexibility index (Phi) is 5.73. The van der Waals surface area contributed by atoms with Crippen molar-refractivity contribution in [1.29, 1.82) is 0 Å². The van der Waals surface area contributed by atoms with E-state index in [-0.39, 0.29) is 11.1 Å². The van der Waals surface area contributed by atoms with Gasteiger partial charge in [0.15, 0.2) is 0 Å². The SMILES string of the molecule is CCCC1CCC(CN)C(S(=O)c2ccc(F)cc2)C1. The summed E-state index contributed by atoms with van der Waals surface area (Å²) < 4.78 is 25.7. The van der Waals surface area contributed by atoms with Crippen LogP contribution in [0.3, 0.4) is 0 Å². The first-order valence-electron chi connectivity index (χ1n) is 7.52. The third-order valence-electron chi connectivity index (χ3n) is 4.36. The van der Waals surface area contributed by atoms with E-state index < -0.39 is 10.8 Å². The van der Waals surface area contributed by atoms with E-state index in [2.05, 4.69) is 6.92 Å². The first-order chi connectivity index (χ1) is 9.65. The molecular formula is C16H24FNOS. The molecule has 1 aliphatic rings. The fraction of sp³-hybridized carbons (Fsp3) is 0.625. The zero-order valence-electron chi connectivity index (χ0n) is 12.1. The molecular weight excluding hydrogens is 273 g/mol. The lowest BCUT2D eigenvalue weighted by molar-refractivity contribution is 0.272. The normalized spacial score (nSPS) is 28.2. The van der Waals surface area contributed by atoms with Gasteiger partial charge in [-0.05, 0) is 55.5 Å². The number of rotatable bonds is 5. The van der Waals surface area contributed by atoms with Crippen LogP contribution in [-0.2, 0) is 10.8 Å². The highest BCUT2D eigenvalue weighted by Gasteiger charge is 2.33. The predicted octanol–water partition coefficient (Wildman–Crippen LogP) is 3.48. The van der Waals surface area contributed by atoms with E-state index in [0.717, 1.165) is 17.7 Å². The summed E-state index contributed by atoms with van der Waals surface area (Å²) in [5, 5.41) is 0.121. The van der Waals surface area contributed by atoms with Crippen molar-refractivity contribution in [2.45, 2.75) is 49.2 Å². The Balaban J connectivity index is 2.13. The minimum atomic E-state index is -1.08. The quantitative estimate of drug-likeness (QED) is 0.904. The second kappa shape index (κ2) is 7.32. The summed E-state index contributed by atoms with van der Waals surface area (Å²) in [4.78, 5) is 0.729. The summed E-state index contributed by atoms with van der Waals surface area (Å²) >= 11 is 0. The molecule has 2 nitrogen and oxygen atoms in total. The Bertz CT molecular complexity index is 448. The van der Waals surface area contributed by atoms with Crippen LogP contribution < -0.4 is 5.73 Å². The lowest BCUT2D eigenvalue weighted by Crippen LogP contribution is -2.37. The first-order valence-corrected chi connectivity index (χ1v) is 8.73. The molecule has 2 rings (SSSR count). The molecule has 2 N–H and O–H groups in total. The molecule has 4 unspecified atom stereocenters. The van der Waals surface area contributed by atoms with Crippen LogP contribution in [0.5, 0.6) is 0 Å². The second-order valence-electron chi connectivity index (χ2n) is 5.75. The van der Waals surface area contributed by atoms with Gasteiger partial charge in [-0.25, -0.2) is 4.39 Å². The summed E-state index contributed by atoms with van der Waals surface area (Å²) in [6, 6.07) is 6.05. The van der Waals surface area contributed by atoms with E-state index >= 15 is 0 Å². The molecule has 0 spiro atoms. The Labute approximate surface area is 123 Å². The van der Waals surface area contributed by atoms with Crippen molar-refractivity contribution in [3.05, 3.63) is 30.1 Å². The Morgan fingerprint density at radius 3 is 2.60 bits per heavy atom. The van der Waals surface area contributed by atoms with Crippen LogP contribution in [0, 0.1) is 17.7 Å². The maximum atomic E-state index is 13.0. The number of hydrogen-bond acceptors (Lipinski definition) is 2. The van der Waals surface area contributed by atoms with Crippen LogP contribution in [0.1, 0.15) is 39.0 Å². The maximum Gasteiger partial charge on any atom is 0.123 e. The van der Waals surface area contributed by atoms with Gasteiger partial charge in [0.1, 0.15) is 5.82 Å². The van der Waals surface area contributed by atoms with Crippen LogP contribution in [0.2, 0.25) is 0 Å². The fourth-order valence-electron chi connectivity index (χ4n) is 3.22. The highest BCUT2D eigenvalue weighted by atomic mass is 32.2. The number of halogens is 1. The molecule has 4 heteroatoms. The third-order valence-corrected chi connectivity index (χ3v) is 6.22. The number of benzene rings is 1. The average Bonchev–Trinajstić information content (AvgIpc) is 2.47. The van der Waals surface area contributed by atoms with Gasteiger partial charge < -0.3 is 5.73 Å². The van der Waals surface area contributed by atoms with Crippen molar-refractivity contribution in [3.8, 4) is 0 Å². The summed E-state index contributed by atoms with van der Waals surface area (Å²) in [6.07, 6.45) is 5.63. The van der Waals surface area contributed by atoms with Crippen LogP contribution >= 0.6 is 0 Å². The molecule has 0 heterocycles. The summed E-state index contributed by atoms with van der Waals surface area (Å²) in [5.41, 5.74) is 5.86. The van der Waals surface area contributed by atoms with Crippen LogP contribution in [0.15, 0.2) is 29.2 Å². The van der Waals surface area contributed by atoms with Crippen molar-refractivity contribution in [3.63, 3.8) is 0 Å². The van der Waals surface area contributed by atoms with Gasteiger partial charge in [0, 0.05) is 10.1 Å². The van der Waals surface area contributed by atoms with Crippen molar-refractivity contribution < 1.29 is 8.60 Å². The second-order valence-corrected chi connectivity index (χ2v) is 7.43. The molecule has 1 aromatic carbocycles. The molecule has 1 saturated carbocycles. The van der Waals surface area contributed by atoms with Gasteiger partial charge in [-0.15, -0.1) is 0 Å². The van der Waals surface area contributed by atoms with E-state index in [1.54, 1.807) is 12.1 Å². The number of nitrogens with two attached hydrogens (primary N) is 1. The molecule has 0 aliphatic heterocycles. The molecule has 112 valence electrons. The molecule has 0 radical (unpaired) electrons.